The van der Waals surface area contributed by atoms with Crippen LogP contribution in [0.1, 0.15) is 36.8 Å². The van der Waals surface area contributed by atoms with Crippen LogP contribution in [0.3, 0.4) is 0 Å². The van der Waals surface area contributed by atoms with Gasteiger partial charge in [-0.2, -0.15) is 0 Å². The van der Waals surface area contributed by atoms with Gasteiger partial charge in [-0.05, 0) is 12.1 Å². The van der Waals surface area contributed by atoms with E-state index in [4.69, 9.17) is 0 Å². The van der Waals surface area contributed by atoms with Crippen LogP contribution in [0.15, 0.2) is 42.4 Å². The van der Waals surface area contributed by atoms with E-state index in [-0.39, 0.29) is 11.3 Å². The quantitative estimate of drug-likeness (QED) is 0.801. The number of carbonyl (C=O) groups is 1. The van der Waals surface area contributed by atoms with Gasteiger partial charge in [-0.1, -0.05) is 20.8 Å². The third-order valence-electron chi connectivity index (χ3n) is 3.27. The largest absolute Gasteiger partial charge is 0.298 e. The van der Waals surface area contributed by atoms with Gasteiger partial charge in [-0.25, -0.2) is 15.0 Å². The summed E-state index contributed by atoms with van der Waals surface area (Å²) in [5.74, 6) is 0.493. The molecule has 0 atom stereocenters. The summed E-state index contributed by atoms with van der Waals surface area (Å²) in [6.45, 7) is 6.27. The number of thiazole rings is 1. The number of rotatable bonds is 3. The second-order valence-corrected chi connectivity index (χ2v) is 6.98. The molecule has 0 saturated carbocycles. The van der Waals surface area contributed by atoms with E-state index in [9.17, 15) is 4.79 Å². The molecule has 0 aliphatic heterocycles. The second-order valence-electron chi connectivity index (χ2n) is 6.12. The van der Waals surface area contributed by atoms with Crippen LogP contribution < -0.4 is 5.32 Å². The molecule has 6 nitrogen and oxygen atoms in total. The Morgan fingerprint density at radius 1 is 1.30 bits per heavy atom. The van der Waals surface area contributed by atoms with Gasteiger partial charge in [0.2, 0.25) is 0 Å². The number of nitrogens with one attached hydrogen (secondary N) is 1. The maximum Gasteiger partial charge on any atom is 0.259 e. The summed E-state index contributed by atoms with van der Waals surface area (Å²) in [5, 5.41) is 5.38. The first-order chi connectivity index (χ1) is 10.9. The molecule has 3 aromatic heterocycles. The average molecular weight is 327 g/mol. The molecule has 0 bridgehead atoms. The van der Waals surface area contributed by atoms with E-state index in [1.165, 1.54) is 11.3 Å². The van der Waals surface area contributed by atoms with Crippen LogP contribution in [-0.4, -0.2) is 25.4 Å². The number of anilines is 1. The molecule has 1 amide bonds. The molecule has 23 heavy (non-hydrogen) atoms. The van der Waals surface area contributed by atoms with E-state index in [1.807, 2.05) is 5.38 Å². The van der Waals surface area contributed by atoms with Crippen molar-refractivity contribution in [3.05, 3.63) is 53.7 Å². The minimum atomic E-state index is -0.218. The topological polar surface area (TPSA) is 72.7 Å². The average Bonchev–Trinajstić information content (AvgIpc) is 3.18. The van der Waals surface area contributed by atoms with Crippen LogP contribution in [-0.2, 0) is 5.41 Å². The zero-order valence-electron chi connectivity index (χ0n) is 13.1. The van der Waals surface area contributed by atoms with E-state index in [1.54, 1.807) is 41.6 Å². The summed E-state index contributed by atoms with van der Waals surface area (Å²) in [4.78, 5) is 25.0. The van der Waals surface area contributed by atoms with Crippen molar-refractivity contribution >= 4 is 22.4 Å². The molecule has 118 valence electrons. The Bertz CT molecular complexity index is 800. The molecular formula is C16H17N5OS. The molecule has 0 saturated heterocycles. The third-order valence-corrected chi connectivity index (χ3v) is 4.03. The molecule has 0 aliphatic rings. The normalized spacial score (nSPS) is 11.4. The maximum atomic E-state index is 12.3. The summed E-state index contributed by atoms with van der Waals surface area (Å²) < 4.78 is 1.78. The number of imidazole rings is 1. The third kappa shape index (κ3) is 3.45. The standard InChI is InChI=1S/C16H17N5OS/c1-16(2,3)12-9-23-15(19-12)20-14(22)11-4-5-13(18-8-11)21-7-6-17-10-21/h4-10H,1-3H3,(H,19,20,22). The predicted molar refractivity (Wildman–Crippen MR) is 90.1 cm³/mol. The molecule has 1 N–H and O–H groups in total. The molecule has 0 aliphatic carbocycles. The van der Waals surface area contributed by atoms with Gasteiger partial charge in [0.25, 0.3) is 5.91 Å². The highest BCUT2D eigenvalue weighted by molar-refractivity contribution is 7.14. The number of aromatic nitrogens is 4. The van der Waals surface area contributed by atoms with Gasteiger partial charge in [-0.15, -0.1) is 11.3 Å². The van der Waals surface area contributed by atoms with Crippen molar-refractivity contribution in [1.29, 1.82) is 0 Å². The van der Waals surface area contributed by atoms with Crippen LogP contribution in [0, 0.1) is 0 Å². The molecule has 0 spiro atoms. The zero-order chi connectivity index (χ0) is 16.4. The van der Waals surface area contributed by atoms with Crippen molar-refractivity contribution < 1.29 is 4.79 Å². The van der Waals surface area contributed by atoms with Crippen molar-refractivity contribution in [2.75, 3.05) is 5.32 Å². The van der Waals surface area contributed by atoms with Gasteiger partial charge in [0, 0.05) is 29.4 Å². The first kappa shape index (κ1) is 15.4. The molecule has 3 rings (SSSR count). The van der Waals surface area contributed by atoms with Crippen molar-refractivity contribution in [3.8, 4) is 5.82 Å². The molecule has 0 aromatic carbocycles. The maximum absolute atomic E-state index is 12.3. The molecule has 0 fully saturated rings. The predicted octanol–water partition coefficient (Wildman–Crippen LogP) is 3.27. The van der Waals surface area contributed by atoms with Gasteiger partial charge in [0.15, 0.2) is 5.13 Å². The molecule has 3 heterocycles. The molecular weight excluding hydrogens is 310 g/mol. The van der Waals surface area contributed by atoms with Crippen LogP contribution >= 0.6 is 11.3 Å². The lowest BCUT2D eigenvalue weighted by Crippen LogP contribution is -2.14. The lowest BCUT2D eigenvalue weighted by molar-refractivity contribution is 0.102. The van der Waals surface area contributed by atoms with Gasteiger partial charge in [0.1, 0.15) is 12.1 Å². The van der Waals surface area contributed by atoms with Crippen molar-refractivity contribution in [3.63, 3.8) is 0 Å². The van der Waals surface area contributed by atoms with Crippen molar-refractivity contribution in [2.24, 2.45) is 0 Å². The van der Waals surface area contributed by atoms with Crippen molar-refractivity contribution in [2.45, 2.75) is 26.2 Å². The van der Waals surface area contributed by atoms with Crippen LogP contribution in [0.25, 0.3) is 5.82 Å². The van der Waals surface area contributed by atoms with E-state index < -0.39 is 0 Å². The fourth-order valence-corrected chi connectivity index (χ4v) is 2.84. The fraction of sp³-hybridized carbons (Fsp3) is 0.250. The van der Waals surface area contributed by atoms with Crippen LogP contribution in [0.5, 0.6) is 0 Å². The summed E-state index contributed by atoms with van der Waals surface area (Å²) in [6, 6.07) is 3.51. The second kappa shape index (κ2) is 5.92. The Morgan fingerprint density at radius 2 is 2.13 bits per heavy atom. The SMILES string of the molecule is CC(C)(C)c1csc(NC(=O)c2ccc(-n3ccnc3)nc2)n1. The molecule has 7 heteroatoms. The van der Waals surface area contributed by atoms with Gasteiger partial charge < -0.3 is 0 Å². The summed E-state index contributed by atoms with van der Waals surface area (Å²) in [5.41, 5.74) is 1.42. The number of hydrogen-bond donors (Lipinski definition) is 1. The zero-order valence-corrected chi connectivity index (χ0v) is 14.0. The Kier molecular flexibility index (Phi) is 3.96. The number of amides is 1. The number of carbonyl (C=O) groups excluding carboxylic acids is 1. The Balaban J connectivity index is 1.72. The Morgan fingerprint density at radius 3 is 2.70 bits per heavy atom. The first-order valence-electron chi connectivity index (χ1n) is 7.15. The fourth-order valence-electron chi connectivity index (χ4n) is 1.91. The highest BCUT2D eigenvalue weighted by Gasteiger charge is 2.18. The summed E-state index contributed by atoms with van der Waals surface area (Å²) in [6.07, 6.45) is 6.68. The van der Waals surface area contributed by atoms with Crippen LogP contribution in [0.2, 0.25) is 0 Å². The lowest BCUT2D eigenvalue weighted by Gasteiger charge is -2.14. The summed E-state index contributed by atoms with van der Waals surface area (Å²) in [7, 11) is 0. The van der Waals surface area contributed by atoms with Gasteiger partial charge in [0.05, 0.1) is 11.3 Å². The van der Waals surface area contributed by atoms with Crippen molar-refractivity contribution in [1.82, 2.24) is 19.5 Å². The van der Waals surface area contributed by atoms with Gasteiger partial charge in [-0.3, -0.25) is 14.7 Å². The molecule has 0 radical (unpaired) electrons. The Hall–Kier alpha value is -2.54. The minimum absolute atomic E-state index is 0.0342. The van der Waals surface area contributed by atoms with E-state index in [2.05, 4.69) is 41.0 Å². The Labute approximate surface area is 138 Å². The highest BCUT2D eigenvalue weighted by atomic mass is 32.1. The monoisotopic (exact) mass is 327 g/mol. The molecule has 0 unspecified atom stereocenters. The van der Waals surface area contributed by atoms with Crippen LogP contribution in [0.4, 0.5) is 5.13 Å². The highest BCUT2D eigenvalue weighted by Crippen LogP contribution is 2.26. The number of pyridine rings is 1. The van der Waals surface area contributed by atoms with E-state index in [0.717, 1.165) is 5.69 Å². The minimum Gasteiger partial charge on any atom is -0.298 e. The van der Waals surface area contributed by atoms with E-state index >= 15 is 0 Å². The number of hydrogen-bond acceptors (Lipinski definition) is 5. The number of nitrogens with zero attached hydrogens (tertiary/aromatic N) is 4. The lowest BCUT2D eigenvalue weighted by atomic mass is 9.93. The first-order valence-corrected chi connectivity index (χ1v) is 8.03. The van der Waals surface area contributed by atoms with E-state index in [0.29, 0.717) is 16.5 Å². The van der Waals surface area contributed by atoms with Gasteiger partial charge >= 0.3 is 0 Å². The smallest absolute Gasteiger partial charge is 0.259 e. The molecule has 3 aromatic rings. The summed E-state index contributed by atoms with van der Waals surface area (Å²) >= 11 is 1.42.